The van der Waals surface area contributed by atoms with Crippen LogP contribution in [0.4, 0.5) is 0 Å². The Kier molecular flexibility index (Phi) is 3.17. The fraction of sp³-hybridized carbons (Fsp3) is 0.625. The number of hydrogen-bond acceptors (Lipinski definition) is 2. The third-order valence-corrected chi connectivity index (χ3v) is 5.98. The summed E-state index contributed by atoms with van der Waals surface area (Å²) in [5, 5.41) is 3.97. The van der Waals surface area contributed by atoms with Crippen LogP contribution in [0.15, 0.2) is 22.7 Å². The molecular weight excluding hydrogens is 300 g/mol. The maximum Gasteiger partial charge on any atom is 0.0329 e. The van der Waals surface area contributed by atoms with Crippen LogP contribution in [0.3, 0.4) is 0 Å². The average Bonchev–Trinajstić information content (AvgIpc) is 3.08. The van der Waals surface area contributed by atoms with E-state index in [1.807, 2.05) is 0 Å². The highest BCUT2D eigenvalue weighted by molar-refractivity contribution is 9.10. The van der Waals surface area contributed by atoms with E-state index in [0.29, 0.717) is 6.04 Å². The van der Waals surface area contributed by atoms with Gasteiger partial charge in [0.05, 0.1) is 0 Å². The molecule has 2 aliphatic heterocycles. The Morgan fingerprint density at radius 3 is 3.05 bits per heavy atom. The van der Waals surface area contributed by atoms with Gasteiger partial charge in [0.2, 0.25) is 0 Å². The minimum atomic E-state index is 0.582. The van der Waals surface area contributed by atoms with Crippen LogP contribution in [0, 0.1) is 0 Å². The first-order chi connectivity index (χ1) is 9.33. The van der Waals surface area contributed by atoms with Gasteiger partial charge in [0, 0.05) is 29.1 Å². The molecule has 1 N–H and O–H groups in total. The molecule has 0 saturated carbocycles. The molecule has 3 atom stereocenters. The van der Waals surface area contributed by atoms with Gasteiger partial charge in [0.1, 0.15) is 0 Å². The second kappa shape index (κ2) is 4.87. The van der Waals surface area contributed by atoms with E-state index in [2.05, 4.69) is 44.3 Å². The normalized spacial score (nSPS) is 33.6. The number of rotatable bonds is 2. The lowest BCUT2D eigenvalue weighted by atomic mass is 10.0. The molecular formula is C16H21BrN2. The Labute approximate surface area is 123 Å². The van der Waals surface area contributed by atoms with E-state index >= 15 is 0 Å². The maximum atomic E-state index is 3.97. The Morgan fingerprint density at radius 1 is 1.16 bits per heavy atom. The highest BCUT2D eigenvalue weighted by Crippen LogP contribution is 2.37. The molecule has 2 nitrogen and oxygen atoms in total. The van der Waals surface area contributed by atoms with Crippen LogP contribution in [-0.2, 0) is 6.42 Å². The van der Waals surface area contributed by atoms with Crippen molar-refractivity contribution in [3.8, 4) is 0 Å². The van der Waals surface area contributed by atoms with Gasteiger partial charge in [-0.3, -0.25) is 4.90 Å². The average molecular weight is 321 g/mol. The van der Waals surface area contributed by atoms with Crippen molar-refractivity contribution in [3.63, 3.8) is 0 Å². The Bertz CT molecular complexity index is 488. The van der Waals surface area contributed by atoms with Gasteiger partial charge >= 0.3 is 0 Å². The number of halogens is 1. The molecule has 3 aliphatic rings. The molecule has 2 heterocycles. The highest BCUT2D eigenvalue weighted by Gasteiger charge is 2.38. The number of fused-ring (bicyclic) bond motifs is 2. The summed E-state index contributed by atoms with van der Waals surface area (Å²) in [6, 6.07) is 8.79. The third-order valence-electron chi connectivity index (χ3n) is 5.23. The highest BCUT2D eigenvalue weighted by atomic mass is 79.9. The van der Waals surface area contributed by atoms with E-state index in [0.717, 1.165) is 12.1 Å². The lowest BCUT2D eigenvalue weighted by molar-refractivity contribution is 0.288. The zero-order valence-electron chi connectivity index (χ0n) is 11.2. The number of nitrogens with zero attached hydrogens (tertiary/aromatic N) is 1. The summed E-state index contributed by atoms with van der Waals surface area (Å²) >= 11 is 3.70. The summed E-state index contributed by atoms with van der Waals surface area (Å²) in [6.45, 7) is 2.63. The monoisotopic (exact) mass is 320 g/mol. The molecule has 3 unspecified atom stereocenters. The van der Waals surface area contributed by atoms with Crippen LogP contribution < -0.4 is 5.32 Å². The molecule has 0 amide bonds. The molecule has 0 bridgehead atoms. The fourth-order valence-electron chi connectivity index (χ4n) is 4.32. The first-order valence-electron chi connectivity index (χ1n) is 7.60. The molecule has 1 aromatic rings. The van der Waals surface area contributed by atoms with Gasteiger partial charge in [-0.15, -0.1) is 0 Å². The van der Waals surface area contributed by atoms with Crippen LogP contribution >= 0.6 is 15.9 Å². The van der Waals surface area contributed by atoms with Crippen molar-refractivity contribution in [2.45, 2.75) is 50.2 Å². The summed E-state index contributed by atoms with van der Waals surface area (Å²) in [5.41, 5.74) is 3.06. The zero-order chi connectivity index (χ0) is 12.8. The van der Waals surface area contributed by atoms with Crippen molar-refractivity contribution in [1.29, 1.82) is 0 Å². The molecule has 4 rings (SSSR count). The molecule has 102 valence electrons. The van der Waals surface area contributed by atoms with Crippen LogP contribution in [0.5, 0.6) is 0 Å². The van der Waals surface area contributed by atoms with E-state index in [4.69, 9.17) is 0 Å². The van der Waals surface area contributed by atoms with Crippen molar-refractivity contribution in [3.05, 3.63) is 33.8 Å². The number of hydrogen-bond donors (Lipinski definition) is 1. The Balaban J connectivity index is 1.52. The standard InChI is InChI=1S/C16H21BrN2/c17-13-4-1-3-12-11(13)6-7-14(12)18-15-8-10-19-9-2-5-16(15)19/h1,3-4,14-16,18H,2,5-10H2. The van der Waals surface area contributed by atoms with Crippen molar-refractivity contribution in [2.24, 2.45) is 0 Å². The van der Waals surface area contributed by atoms with E-state index in [1.54, 1.807) is 0 Å². The minimum Gasteiger partial charge on any atom is -0.306 e. The summed E-state index contributed by atoms with van der Waals surface area (Å²) in [6.07, 6.45) is 6.62. The van der Waals surface area contributed by atoms with Gasteiger partial charge in [0.15, 0.2) is 0 Å². The first kappa shape index (κ1) is 12.4. The first-order valence-corrected chi connectivity index (χ1v) is 8.39. The Morgan fingerprint density at radius 2 is 2.11 bits per heavy atom. The molecule has 1 aromatic carbocycles. The Hall–Kier alpha value is -0.380. The molecule has 3 heteroatoms. The second-order valence-corrected chi connectivity index (χ2v) is 7.06. The van der Waals surface area contributed by atoms with E-state index in [9.17, 15) is 0 Å². The number of benzene rings is 1. The summed E-state index contributed by atoms with van der Waals surface area (Å²) in [5.74, 6) is 0. The molecule has 2 saturated heterocycles. The quantitative estimate of drug-likeness (QED) is 0.899. The van der Waals surface area contributed by atoms with Gasteiger partial charge in [-0.05, 0) is 55.8 Å². The van der Waals surface area contributed by atoms with E-state index in [1.165, 1.54) is 60.8 Å². The van der Waals surface area contributed by atoms with Crippen LogP contribution in [0.2, 0.25) is 0 Å². The van der Waals surface area contributed by atoms with Crippen molar-refractivity contribution >= 4 is 15.9 Å². The van der Waals surface area contributed by atoms with E-state index < -0.39 is 0 Å². The topological polar surface area (TPSA) is 15.3 Å². The van der Waals surface area contributed by atoms with Crippen molar-refractivity contribution < 1.29 is 0 Å². The van der Waals surface area contributed by atoms with Gasteiger partial charge in [-0.1, -0.05) is 28.1 Å². The summed E-state index contributed by atoms with van der Waals surface area (Å²) in [7, 11) is 0. The maximum absolute atomic E-state index is 3.97. The van der Waals surface area contributed by atoms with Gasteiger partial charge in [0.25, 0.3) is 0 Å². The molecule has 0 aromatic heterocycles. The second-order valence-electron chi connectivity index (χ2n) is 6.21. The fourth-order valence-corrected chi connectivity index (χ4v) is 4.90. The van der Waals surface area contributed by atoms with Crippen LogP contribution in [-0.4, -0.2) is 30.1 Å². The molecule has 0 radical (unpaired) electrons. The summed E-state index contributed by atoms with van der Waals surface area (Å²) < 4.78 is 1.29. The minimum absolute atomic E-state index is 0.582. The predicted molar refractivity (Wildman–Crippen MR) is 81.3 cm³/mol. The smallest absolute Gasteiger partial charge is 0.0329 e. The third kappa shape index (κ3) is 2.07. The number of nitrogens with one attached hydrogen (secondary N) is 1. The van der Waals surface area contributed by atoms with Gasteiger partial charge in [-0.25, -0.2) is 0 Å². The molecule has 0 spiro atoms. The lowest BCUT2D eigenvalue weighted by Gasteiger charge is -2.25. The van der Waals surface area contributed by atoms with Crippen LogP contribution in [0.25, 0.3) is 0 Å². The van der Waals surface area contributed by atoms with Gasteiger partial charge in [-0.2, -0.15) is 0 Å². The largest absolute Gasteiger partial charge is 0.306 e. The molecule has 2 fully saturated rings. The molecule has 1 aliphatic carbocycles. The SMILES string of the molecule is Brc1cccc2c1CCC2NC1CCN2CCCC12. The van der Waals surface area contributed by atoms with Crippen molar-refractivity contribution in [2.75, 3.05) is 13.1 Å². The van der Waals surface area contributed by atoms with Crippen LogP contribution in [0.1, 0.15) is 42.9 Å². The van der Waals surface area contributed by atoms with Crippen molar-refractivity contribution in [1.82, 2.24) is 10.2 Å². The molecule has 19 heavy (non-hydrogen) atoms. The van der Waals surface area contributed by atoms with Gasteiger partial charge < -0.3 is 5.32 Å². The predicted octanol–water partition coefficient (Wildman–Crippen LogP) is 3.26. The van der Waals surface area contributed by atoms with E-state index in [-0.39, 0.29) is 0 Å². The zero-order valence-corrected chi connectivity index (χ0v) is 12.8. The lowest BCUT2D eigenvalue weighted by Crippen LogP contribution is -2.40. The summed E-state index contributed by atoms with van der Waals surface area (Å²) in [4.78, 5) is 2.69.